The predicted octanol–water partition coefficient (Wildman–Crippen LogP) is 1.78. The van der Waals surface area contributed by atoms with Crippen LogP contribution in [0.15, 0.2) is 34.5 Å². The van der Waals surface area contributed by atoms with Gasteiger partial charge in [0, 0.05) is 17.5 Å². The van der Waals surface area contributed by atoms with Crippen LogP contribution in [0.25, 0.3) is 0 Å². The minimum absolute atomic E-state index is 0.234. The molecule has 1 aliphatic rings. The summed E-state index contributed by atoms with van der Waals surface area (Å²) >= 11 is 1.16. The summed E-state index contributed by atoms with van der Waals surface area (Å²) in [6.45, 7) is 1.27. The highest BCUT2D eigenvalue weighted by Crippen LogP contribution is 2.33. The minimum atomic E-state index is -3.61. The molecule has 3 N–H and O–H groups in total. The third-order valence-electron chi connectivity index (χ3n) is 2.90. The van der Waals surface area contributed by atoms with Crippen LogP contribution < -0.4 is 19.9 Å². The Hall–Kier alpha value is -1.77. The van der Waals surface area contributed by atoms with Gasteiger partial charge in [-0.15, -0.1) is 11.3 Å². The molecule has 112 valence electrons. The van der Waals surface area contributed by atoms with Crippen LogP contribution >= 0.6 is 11.3 Å². The van der Waals surface area contributed by atoms with Crippen molar-refractivity contribution >= 4 is 27.0 Å². The number of hydrogen-bond donors (Lipinski definition) is 2. The largest absolute Gasteiger partial charge is 0.486 e. The molecule has 0 saturated heterocycles. The Kier molecular flexibility index (Phi) is 3.75. The molecule has 21 heavy (non-hydrogen) atoms. The Balaban J connectivity index is 1.85. The quantitative estimate of drug-likeness (QED) is 0.894. The van der Waals surface area contributed by atoms with Crippen LogP contribution in [0.3, 0.4) is 0 Å². The zero-order valence-electron chi connectivity index (χ0n) is 11.0. The highest BCUT2D eigenvalue weighted by Gasteiger charge is 2.18. The van der Waals surface area contributed by atoms with Crippen LogP contribution in [-0.2, 0) is 16.6 Å². The van der Waals surface area contributed by atoms with Crippen molar-refractivity contribution in [1.82, 2.24) is 0 Å². The van der Waals surface area contributed by atoms with Crippen LogP contribution in [0.2, 0.25) is 0 Å². The van der Waals surface area contributed by atoms with E-state index in [4.69, 9.17) is 15.2 Å². The van der Waals surface area contributed by atoms with Gasteiger partial charge in [0.2, 0.25) is 0 Å². The summed E-state index contributed by atoms with van der Waals surface area (Å²) in [5, 5.41) is 0. The fraction of sp³-hybridized carbons (Fsp3) is 0.231. The lowest BCUT2D eigenvalue weighted by atomic mass is 10.3. The molecular formula is C13H14N2O4S2. The normalized spacial score (nSPS) is 14.0. The molecule has 0 radical (unpaired) electrons. The first-order valence-corrected chi connectivity index (χ1v) is 8.60. The van der Waals surface area contributed by atoms with E-state index in [2.05, 4.69) is 4.72 Å². The van der Waals surface area contributed by atoms with E-state index in [1.165, 1.54) is 0 Å². The molecule has 8 heteroatoms. The number of fused-ring (bicyclic) bond motifs is 1. The molecule has 1 aliphatic heterocycles. The Morgan fingerprint density at radius 3 is 2.62 bits per heavy atom. The number of sulfonamides is 1. The second-order valence-corrected chi connectivity index (χ2v) is 7.47. The first-order valence-electron chi connectivity index (χ1n) is 6.30. The average Bonchev–Trinajstić information content (AvgIpc) is 2.96. The van der Waals surface area contributed by atoms with E-state index in [1.54, 1.807) is 30.3 Å². The zero-order chi connectivity index (χ0) is 14.9. The van der Waals surface area contributed by atoms with E-state index in [0.717, 1.165) is 16.2 Å². The summed E-state index contributed by atoms with van der Waals surface area (Å²) in [5.41, 5.74) is 5.93. The number of hydrogen-bond acceptors (Lipinski definition) is 6. The molecule has 0 spiro atoms. The van der Waals surface area contributed by atoms with E-state index in [0.29, 0.717) is 36.9 Å². The maximum Gasteiger partial charge on any atom is 0.271 e. The molecule has 0 unspecified atom stereocenters. The Bertz CT molecular complexity index is 755. The van der Waals surface area contributed by atoms with Gasteiger partial charge >= 0.3 is 0 Å². The van der Waals surface area contributed by atoms with Crippen molar-refractivity contribution in [3.63, 3.8) is 0 Å². The van der Waals surface area contributed by atoms with Gasteiger partial charge in [0.15, 0.2) is 11.5 Å². The molecule has 0 bridgehead atoms. The second-order valence-electron chi connectivity index (χ2n) is 4.39. The number of thiophene rings is 1. The highest BCUT2D eigenvalue weighted by atomic mass is 32.2. The van der Waals surface area contributed by atoms with Gasteiger partial charge < -0.3 is 15.2 Å². The molecule has 6 nitrogen and oxygen atoms in total. The molecule has 0 fully saturated rings. The maximum atomic E-state index is 12.3. The van der Waals surface area contributed by atoms with Gasteiger partial charge in [0.1, 0.15) is 17.4 Å². The van der Waals surface area contributed by atoms with Crippen molar-refractivity contribution in [2.24, 2.45) is 5.73 Å². The van der Waals surface area contributed by atoms with Crippen LogP contribution in [0.5, 0.6) is 11.5 Å². The smallest absolute Gasteiger partial charge is 0.271 e. The molecule has 1 aromatic carbocycles. The van der Waals surface area contributed by atoms with Crippen molar-refractivity contribution < 1.29 is 17.9 Å². The standard InChI is InChI=1S/C13H14N2O4S2/c14-8-10-2-4-13(20-10)21(16,17)15-9-1-3-11-12(7-9)19-6-5-18-11/h1-4,7,15H,5-6,8,14H2. The molecule has 0 aliphatic carbocycles. The van der Waals surface area contributed by atoms with Crippen molar-refractivity contribution in [2.45, 2.75) is 10.8 Å². The van der Waals surface area contributed by atoms with Gasteiger partial charge in [-0.2, -0.15) is 0 Å². The Labute approximate surface area is 126 Å². The number of anilines is 1. The molecular weight excluding hydrogens is 312 g/mol. The Morgan fingerprint density at radius 1 is 1.14 bits per heavy atom. The van der Waals surface area contributed by atoms with Gasteiger partial charge in [0.05, 0.1) is 5.69 Å². The molecule has 2 heterocycles. The van der Waals surface area contributed by atoms with Gasteiger partial charge in [-0.05, 0) is 24.3 Å². The van der Waals surface area contributed by atoms with Crippen LogP contribution in [0.1, 0.15) is 4.88 Å². The second kappa shape index (κ2) is 5.55. The molecule has 0 saturated carbocycles. The van der Waals surface area contributed by atoms with E-state index < -0.39 is 10.0 Å². The third-order valence-corrected chi connectivity index (χ3v) is 5.88. The fourth-order valence-corrected chi connectivity index (χ4v) is 4.21. The van der Waals surface area contributed by atoms with Crippen molar-refractivity contribution in [3.8, 4) is 11.5 Å². The van der Waals surface area contributed by atoms with Crippen molar-refractivity contribution in [2.75, 3.05) is 17.9 Å². The molecule has 1 aromatic heterocycles. The maximum absolute atomic E-state index is 12.3. The number of rotatable bonds is 4. The van der Waals surface area contributed by atoms with Gasteiger partial charge in [-0.25, -0.2) is 8.42 Å². The third kappa shape index (κ3) is 2.97. The van der Waals surface area contributed by atoms with E-state index in [9.17, 15) is 8.42 Å². The van der Waals surface area contributed by atoms with Crippen LogP contribution in [0.4, 0.5) is 5.69 Å². The van der Waals surface area contributed by atoms with Gasteiger partial charge in [-0.1, -0.05) is 0 Å². The number of nitrogens with one attached hydrogen (secondary N) is 1. The van der Waals surface area contributed by atoms with E-state index in [1.807, 2.05) is 0 Å². The summed E-state index contributed by atoms with van der Waals surface area (Å²) in [4.78, 5) is 0.817. The lowest BCUT2D eigenvalue weighted by Gasteiger charge is -2.19. The van der Waals surface area contributed by atoms with E-state index >= 15 is 0 Å². The lowest BCUT2D eigenvalue weighted by molar-refractivity contribution is 0.171. The first-order chi connectivity index (χ1) is 10.1. The summed E-state index contributed by atoms with van der Waals surface area (Å²) in [6, 6.07) is 8.20. The van der Waals surface area contributed by atoms with Crippen LogP contribution in [0, 0.1) is 0 Å². The van der Waals surface area contributed by atoms with Crippen molar-refractivity contribution in [1.29, 1.82) is 0 Å². The summed E-state index contributed by atoms with van der Waals surface area (Å²) in [7, 11) is -3.61. The summed E-state index contributed by atoms with van der Waals surface area (Å²) < 4.78 is 38.2. The molecule has 2 aromatic rings. The number of benzene rings is 1. The van der Waals surface area contributed by atoms with Crippen LogP contribution in [-0.4, -0.2) is 21.6 Å². The molecule has 0 atom stereocenters. The summed E-state index contributed by atoms with van der Waals surface area (Å²) in [5.74, 6) is 1.15. The predicted molar refractivity (Wildman–Crippen MR) is 80.5 cm³/mol. The monoisotopic (exact) mass is 326 g/mol. The summed E-state index contributed by atoms with van der Waals surface area (Å²) in [6.07, 6.45) is 0. The zero-order valence-corrected chi connectivity index (χ0v) is 12.7. The first kappa shape index (κ1) is 14.2. The fourth-order valence-electron chi connectivity index (χ4n) is 1.92. The molecule has 3 rings (SSSR count). The average molecular weight is 326 g/mol. The molecule has 0 amide bonds. The SMILES string of the molecule is NCc1ccc(S(=O)(=O)Nc2ccc3c(c2)OCCO3)s1. The minimum Gasteiger partial charge on any atom is -0.486 e. The Morgan fingerprint density at radius 2 is 1.90 bits per heavy atom. The van der Waals surface area contributed by atoms with Crippen molar-refractivity contribution in [3.05, 3.63) is 35.2 Å². The van der Waals surface area contributed by atoms with E-state index in [-0.39, 0.29) is 4.21 Å². The van der Waals surface area contributed by atoms with Gasteiger partial charge in [-0.3, -0.25) is 4.72 Å². The lowest BCUT2D eigenvalue weighted by Crippen LogP contribution is -2.16. The topological polar surface area (TPSA) is 90.7 Å². The number of nitrogens with two attached hydrogens (primary N) is 1. The van der Waals surface area contributed by atoms with Gasteiger partial charge in [0.25, 0.3) is 10.0 Å². The number of ether oxygens (including phenoxy) is 2. The highest BCUT2D eigenvalue weighted by molar-refractivity contribution is 7.94.